The van der Waals surface area contributed by atoms with Gasteiger partial charge in [-0.3, -0.25) is 0 Å². The summed E-state index contributed by atoms with van der Waals surface area (Å²) in [5, 5.41) is 1.70. The van der Waals surface area contributed by atoms with Crippen molar-refractivity contribution in [1.29, 1.82) is 0 Å². The van der Waals surface area contributed by atoms with E-state index in [0.717, 1.165) is 7.55 Å². The van der Waals surface area contributed by atoms with Crippen LogP contribution >= 0.6 is 23.3 Å². The number of aryl methyl sites for hydroxylation is 1. The predicted octanol–water partition coefficient (Wildman–Crippen LogP) is 4.61. The lowest BCUT2D eigenvalue weighted by Crippen LogP contribution is -1.77. The minimum atomic E-state index is 1.15. The van der Waals surface area contributed by atoms with Crippen LogP contribution in [0.25, 0.3) is 0 Å². The highest BCUT2D eigenvalue weighted by Gasteiger charge is 1.91. The molecule has 0 aliphatic heterocycles. The Hall–Kier alpha value is 0.640. The molecule has 0 saturated carbocycles. The van der Waals surface area contributed by atoms with Crippen molar-refractivity contribution in [3.63, 3.8) is 0 Å². The fourth-order valence-electron chi connectivity index (χ4n) is 0.902. The van der Waals surface area contributed by atoms with Gasteiger partial charge in [-0.25, -0.2) is 0 Å². The first-order valence-electron chi connectivity index (χ1n) is 3.78. The van der Waals surface area contributed by atoms with Crippen molar-refractivity contribution < 1.29 is 0 Å². The molecule has 1 aromatic heterocycles. The van der Waals surface area contributed by atoms with Gasteiger partial charge in [0.05, 0.1) is 0 Å². The summed E-state index contributed by atoms with van der Waals surface area (Å²) in [5.41, 5.74) is 0. The molecule has 56 valence electrons. The first-order valence-corrected chi connectivity index (χ1v) is 8.32. The second-order valence-electron chi connectivity index (χ2n) is 2.42. The highest BCUT2D eigenvalue weighted by atomic mass is 32.1. The molecule has 0 aliphatic rings. The SMILES string of the molecule is CCCCCc1cp[pH]p1. The van der Waals surface area contributed by atoms with Gasteiger partial charge < -0.3 is 0 Å². The van der Waals surface area contributed by atoms with E-state index in [9.17, 15) is 0 Å². The molecule has 0 saturated heterocycles. The summed E-state index contributed by atoms with van der Waals surface area (Å²) in [7, 11) is 4.36. The Kier molecular flexibility index (Phi) is 4.64. The van der Waals surface area contributed by atoms with Crippen molar-refractivity contribution in [2.75, 3.05) is 0 Å². The van der Waals surface area contributed by atoms with Crippen LogP contribution in [0.4, 0.5) is 0 Å². The molecule has 0 bridgehead atoms. The molecule has 3 heteroatoms. The molecule has 10 heavy (non-hydrogen) atoms. The Labute approximate surface area is 67.5 Å². The van der Waals surface area contributed by atoms with E-state index in [4.69, 9.17) is 0 Å². The van der Waals surface area contributed by atoms with Gasteiger partial charge in [0.1, 0.15) is 0 Å². The molecule has 0 N–H and O–H groups in total. The third-order valence-electron chi connectivity index (χ3n) is 1.50. The number of hydrogen-bond acceptors (Lipinski definition) is 0. The van der Waals surface area contributed by atoms with Crippen LogP contribution in [0.1, 0.15) is 31.5 Å². The molecule has 0 amide bonds. The molecular formula is C7H13P3. The lowest BCUT2D eigenvalue weighted by Gasteiger charge is -1.93. The average molecular weight is 190 g/mol. The van der Waals surface area contributed by atoms with Crippen molar-refractivity contribution >= 4 is 23.3 Å². The van der Waals surface area contributed by atoms with Crippen LogP contribution in [0.5, 0.6) is 0 Å². The minimum Gasteiger partial charge on any atom is -0.0816 e. The second-order valence-corrected chi connectivity index (χ2v) is 7.78. The van der Waals surface area contributed by atoms with Crippen molar-refractivity contribution in [3.05, 3.63) is 11.1 Å². The standard InChI is InChI=1S/C7H13P3/c1-2-3-4-5-7-6-8-10-9-7/h6,10H,2-5H2,1H3. The van der Waals surface area contributed by atoms with Crippen LogP contribution in [-0.4, -0.2) is 0 Å². The Morgan fingerprint density at radius 3 is 3.00 bits per heavy atom. The highest BCUT2D eigenvalue weighted by Crippen LogP contribution is 2.37. The van der Waals surface area contributed by atoms with Crippen molar-refractivity contribution in [2.24, 2.45) is 0 Å². The van der Waals surface area contributed by atoms with Crippen molar-refractivity contribution in [2.45, 2.75) is 32.6 Å². The molecule has 1 aromatic rings. The van der Waals surface area contributed by atoms with Crippen LogP contribution in [0.15, 0.2) is 5.80 Å². The van der Waals surface area contributed by atoms with Gasteiger partial charge in [-0.2, -0.15) is 0 Å². The Bertz CT molecular complexity index is 157. The van der Waals surface area contributed by atoms with Gasteiger partial charge in [0, 0.05) is 0 Å². The molecule has 0 aromatic carbocycles. The smallest absolute Gasteiger partial charge is 0.0118 e. The largest absolute Gasteiger partial charge is 0.0816 e. The molecule has 0 nitrogen and oxygen atoms in total. The minimum absolute atomic E-state index is 1.15. The normalized spacial score (nSPS) is 12.5. The molecule has 1 atom stereocenters. The van der Waals surface area contributed by atoms with Gasteiger partial charge in [0.2, 0.25) is 0 Å². The molecule has 0 radical (unpaired) electrons. The Morgan fingerprint density at radius 2 is 2.40 bits per heavy atom. The van der Waals surface area contributed by atoms with Gasteiger partial charge in [-0.05, 0) is 31.8 Å². The maximum atomic E-state index is 2.41. The van der Waals surface area contributed by atoms with E-state index < -0.39 is 0 Å². The monoisotopic (exact) mass is 190 g/mol. The van der Waals surface area contributed by atoms with E-state index >= 15 is 0 Å². The van der Waals surface area contributed by atoms with E-state index in [1.807, 2.05) is 0 Å². The molecule has 1 rings (SSSR count). The number of unbranched alkanes of at least 4 members (excludes halogenated alkanes) is 2. The average Bonchev–Trinajstić information content (AvgIpc) is 2.41. The van der Waals surface area contributed by atoms with Crippen LogP contribution in [0.3, 0.4) is 0 Å². The summed E-state index contributed by atoms with van der Waals surface area (Å²) >= 11 is 0. The van der Waals surface area contributed by atoms with E-state index in [1.165, 1.54) is 25.7 Å². The van der Waals surface area contributed by atoms with Crippen LogP contribution in [-0.2, 0) is 6.42 Å². The van der Waals surface area contributed by atoms with E-state index in [0.29, 0.717) is 0 Å². The first-order chi connectivity index (χ1) is 4.93. The third kappa shape index (κ3) is 3.16. The molecule has 0 aliphatic carbocycles. The molecule has 1 heterocycles. The topological polar surface area (TPSA) is 0 Å². The van der Waals surface area contributed by atoms with Crippen LogP contribution < -0.4 is 0 Å². The van der Waals surface area contributed by atoms with Gasteiger partial charge in [-0.1, -0.05) is 35.2 Å². The van der Waals surface area contributed by atoms with Gasteiger partial charge in [0.15, 0.2) is 0 Å². The summed E-state index contributed by atoms with van der Waals surface area (Å²) < 4.78 is 0. The molecule has 0 fully saturated rings. The first kappa shape index (κ1) is 8.73. The zero-order valence-corrected chi connectivity index (χ0v) is 9.09. The zero-order chi connectivity index (χ0) is 7.23. The molecule has 0 spiro atoms. The maximum Gasteiger partial charge on any atom is -0.0118 e. The third-order valence-corrected chi connectivity index (χ3v) is 6.84. The van der Waals surface area contributed by atoms with E-state index in [1.54, 1.807) is 21.0 Å². The molecular weight excluding hydrogens is 177 g/mol. The second kappa shape index (κ2) is 5.31. The molecule has 1 unspecified atom stereocenters. The summed E-state index contributed by atoms with van der Waals surface area (Å²) in [5.74, 6) is 2.41. The van der Waals surface area contributed by atoms with Crippen molar-refractivity contribution in [1.82, 2.24) is 0 Å². The number of rotatable bonds is 4. The van der Waals surface area contributed by atoms with Gasteiger partial charge in [0.25, 0.3) is 0 Å². The van der Waals surface area contributed by atoms with Crippen LogP contribution in [0, 0.1) is 0 Å². The fraction of sp³-hybridized carbons (Fsp3) is 0.714. The predicted molar refractivity (Wildman–Crippen MR) is 54.2 cm³/mol. The quantitative estimate of drug-likeness (QED) is 0.608. The Balaban J connectivity index is 2.15. The van der Waals surface area contributed by atoms with Crippen LogP contribution in [0.2, 0.25) is 0 Å². The Morgan fingerprint density at radius 1 is 1.50 bits per heavy atom. The zero-order valence-electron chi connectivity index (χ0n) is 6.30. The van der Waals surface area contributed by atoms with Gasteiger partial charge >= 0.3 is 0 Å². The van der Waals surface area contributed by atoms with E-state index in [-0.39, 0.29) is 0 Å². The summed E-state index contributed by atoms with van der Waals surface area (Å²) in [6.07, 6.45) is 5.54. The lowest BCUT2D eigenvalue weighted by atomic mass is 10.2. The number of hydrogen-bond donors (Lipinski definition) is 0. The lowest BCUT2D eigenvalue weighted by molar-refractivity contribution is 0.723. The fourth-order valence-corrected chi connectivity index (χ4v) is 6.67. The van der Waals surface area contributed by atoms with Crippen molar-refractivity contribution in [3.8, 4) is 0 Å². The maximum absolute atomic E-state index is 2.41. The summed E-state index contributed by atoms with van der Waals surface area (Å²) in [6, 6.07) is 0. The van der Waals surface area contributed by atoms with Gasteiger partial charge in [-0.15, -0.1) is 0 Å². The highest BCUT2D eigenvalue weighted by molar-refractivity contribution is 8.17. The van der Waals surface area contributed by atoms with E-state index in [2.05, 4.69) is 12.7 Å². The summed E-state index contributed by atoms with van der Waals surface area (Å²) in [4.78, 5) is 0. The summed E-state index contributed by atoms with van der Waals surface area (Å²) in [6.45, 7) is 2.26.